The van der Waals surface area contributed by atoms with E-state index in [0.717, 1.165) is 6.07 Å². The van der Waals surface area contributed by atoms with Crippen molar-refractivity contribution in [3.8, 4) is 5.75 Å². The van der Waals surface area contributed by atoms with Crippen molar-refractivity contribution in [2.24, 2.45) is 28.3 Å². The molecular formula is C33H32F7N3O6. The van der Waals surface area contributed by atoms with Gasteiger partial charge in [-0.05, 0) is 55.2 Å². The highest BCUT2D eigenvalue weighted by Crippen LogP contribution is 2.54. The lowest BCUT2D eigenvalue weighted by atomic mass is 9.73. The number of hydrogen-bond acceptors (Lipinski definition) is 6. The van der Waals surface area contributed by atoms with E-state index in [1.54, 1.807) is 20.8 Å². The van der Waals surface area contributed by atoms with Gasteiger partial charge in [-0.15, -0.1) is 0 Å². The van der Waals surface area contributed by atoms with Gasteiger partial charge < -0.3 is 25.3 Å². The van der Waals surface area contributed by atoms with Crippen LogP contribution < -0.4 is 15.4 Å². The van der Waals surface area contributed by atoms with Crippen LogP contribution in [-0.2, 0) is 20.6 Å². The van der Waals surface area contributed by atoms with Gasteiger partial charge in [0, 0.05) is 41.1 Å². The van der Waals surface area contributed by atoms with Crippen LogP contribution in [0, 0.1) is 29.0 Å². The third-order valence-electron chi connectivity index (χ3n) is 9.43. The van der Waals surface area contributed by atoms with E-state index in [0.29, 0.717) is 17.7 Å². The van der Waals surface area contributed by atoms with Crippen LogP contribution in [0.4, 0.5) is 36.4 Å². The van der Waals surface area contributed by atoms with Crippen LogP contribution in [-0.4, -0.2) is 53.5 Å². The fourth-order valence-corrected chi connectivity index (χ4v) is 6.95. The summed E-state index contributed by atoms with van der Waals surface area (Å²) in [5.74, 6) is -7.86. The summed E-state index contributed by atoms with van der Waals surface area (Å²) >= 11 is 0. The molecule has 2 fully saturated rings. The SMILES string of the molecule is COc1ccc(C2=NOC(C(=O)O)(C(C)(C)C)C2)cc1C(=O)N[C@H]1[C@@H](C(=O)Nc2ccc(F)c(C(F)(F)F)c2)[C@H]2CC[C@@H]1/C2=C\C(F)(F)F. The molecule has 1 unspecified atom stereocenters. The molecule has 264 valence electrons. The lowest BCUT2D eigenvalue weighted by molar-refractivity contribution is -0.177. The molecule has 16 heteroatoms. The Morgan fingerprint density at radius 1 is 1.02 bits per heavy atom. The van der Waals surface area contributed by atoms with Crippen molar-refractivity contribution in [3.05, 3.63) is 70.6 Å². The van der Waals surface area contributed by atoms with Crippen LogP contribution in [0.1, 0.15) is 61.5 Å². The molecule has 2 amide bonds. The maximum absolute atomic E-state index is 13.9. The van der Waals surface area contributed by atoms with Crippen molar-refractivity contribution < 1.29 is 59.8 Å². The van der Waals surface area contributed by atoms with Gasteiger partial charge in [-0.2, -0.15) is 26.3 Å². The number of carbonyl (C=O) groups excluding carboxylic acids is 2. The number of oxime groups is 1. The summed E-state index contributed by atoms with van der Waals surface area (Å²) in [6.45, 7) is 5.00. The van der Waals surface area contributed by atoms with E-state index in [9.17, 15) is 50.2 Å². The van der Waals surface area contributed by atoms with Crippen LogP contribution in [0.25, 0.3) is 0 Å². The average Bonchev–Trinajstić information content (AvgIpc) is 3.69. The molecule has 2 aromatic carbocycles. The summed E-state index contributed by atoms with van der Waals surface area (Å²) in [4.78, 5) is 45.1. The summed E-state index contributed by atoms with van der Waals surface area (Å²) in [5, 5.41) is 18.9. The normalized spacial score (nSPS) is 25.9. The minimum Gasteiger partial charge on any atom is -0.496 e. The van der Waals surface area contributed by atoms with Gasteiger partial charge >= 0.3 is 18.3 Å². The van der Waals surface area contributed by atoms with Crippen LogP contribution in [0.5, 0.6) is 5.75 Å². The molecule has 9 nitrogen and oxygen atoms in total. The Morgan fingerprint density at radius 3 is 2.27 bits per heavy atom. The number of halogens is 7. The molecule has 3 N–H and O–H groups in total. The topological polar surface area (TPSA) is 126 Å². The van der Waals surface area contributed by atoms with E-state index < -0.39 is 82.0 Å². The number of alkyl halides is 6. The minimum atomic E-state index is -5.08. The highest BCUT2D eigenvalue weighted by molar-refractivity contribution is 6.07. The van der Waals surface area contributed by atoms with Crippen molar-refractivity contribution in [1.29, 1.82) is 0 Å². The molecule has 3 aliphatic rings. The standard InChI is InChI=1S/C33H32F7N3O6/c1-30(2,3)31(29(46)47)14-23(43-49-31)15-5-10-24(48-4)19(11-15)27(44)42-26-18-8-7-17(20(18)13-32(35,36)37)25(26)28(45)41-16-6-9-22(34)21(12-16)33(38,39)40/h5-6,9-13,17-18,25-26H,7-8,14H2,1-4H3,(H,41,45)(H,42,44)(H,46,47)/b20-13-/t17-,18+,25-,26+,31?/m0/s1. The van der Waals surface area contributed by atoms with E-state index in [2.05, 4.69) is 15.8 Å². The monoisotopic (exact) mass is 699 g/mol. The summed E-state index contributed by atoms with van der Waals surface area (Å²) in [6.07, 6.45) is -9.57. The number of nitrogens with one attached hydrogen (secondary N) is 2. The molecule has 2 bridgehead atoms. The number of anilines is 1. The van der Waals surface area contributed by atoms with Gasteiger partial charge in [0.25, 0.3) is 5.91 Å². The third-order valence-corrected chi connectivity index (χ3v) is 9.43. The predicted molar refractivity (Wildman–Crippen MR) is 160 cm³/mol. The molecule has 1 heterocycles. The van der Waals surface area contributed by atoms with Crippen LogP contribution in [0.3, 0.4) is 0 Å². The van der Waals surface area contributed by atoms with Crippen molar-refractivity contribution in [2.75, 3.05) is 12.4 Å². The van der Waals surface area contributed by atoms with Gasteiger partial charge in [-0.25, -0.2) is 9.18 Å². The molecule has 2 saturated carbocycles. The fraction of sp³-hybridized carbons (Fsp3) is 0.455. The van der Waals surface area contributed by atoms with E-state index >= 15 is 0 Å². The average molecular weight is 700 g/mol. The van der Waals surface area contributed by atoms with Crippen molar-refractivity contribution >= 4 is 29.2 Å². The zero-order valence-corrected chi connectivity index (χ0v) is 26.6. The first-order chi connectivity index (χ1) is 22.7. The summed E-state index contributed by atoms with van der Waals surface area (Å²) < 4.78 is 99.9. The number of nitrogens with zero attached hydrogens (tertiary/aromatic N) is 1. The number of benzene rings is 2. The Kier molecular flexibility index (Phi) is 9.00. The smallest absolute Gasteiger partial charge is 0.419 e. The van der Waals surface area contributed by atoms with Crippen LogP contribution >= 0.6 is 0 Å². The maximum atomic E-state index is 13.9. The summed E-state index contributed by atoms with van der Waals surface area (Å²) in [6, 6.07) is 4.84. The Bertz CT molecular complexity index is 1750. The Hall–Kier alpha value is -4.63. The summed E-state index contributed by atoms with van der Waals surface area (Å²) in [7, 11) is 1.27. The summed E-state index contributed by atoms with van der Waals surface area (Å²) in [5.41, 5.74) is -4.41. The second kappa shape index (κ2) is 12.4. The largest absolute Gasteiger partial charge is 0.496 e. The van der Waals surface area contributed by atoms with Gasteiger partial charge in [0.2, 0.25) is 11.5 Å². The molecule has 2 aliphatic carbocycles. The number of aliphatic carboxylic acids is 1. The van der Waals surface area contributed by atoms with Gasteiger partial charge in [-0.3, -0.25) is 9.59 Å². The molecular weight excluding hydrogens is 667 g/mol. The number of rotatable bonds is 7. The molecule has 0 spiro atoms. The maximum Gasteiger partial charge on any atom is 0.419 e. The first-order valence-corrected chi connectivity index (χ1v) is 15.1. The molecule has 5 atom stereocenters. The lowest BCUT2D eigenvalue weighted by Crippen LogP contribution is -2.50. The molecule has 1 aliphatic heterocycles. The van der Waals surface area contributed by atoms with E-state index in [-0.39, 0.29) is 47.9 Å². The second-order valence-electron chi connectivity index (χ2n) is 13.3. The molecule has 0 radical (unpaired) electrons. The van der Waals surface area contributed by atoms with Crippen molar-refractivity contribution in [2.45, 2.75) is 64.0 Å². The zero-order valence-electron chi connectivity index (χ0n) is 26.6. The zero-order chi connectivity index (χ0) is 36.3. The van der Waals surface area contributed by atoms with Crippen LogP contribution in [0.15, 0.2) is 53.2 Å². The third kappa shape index (κ3) is 6.69. The van der Waals surface area contributed by atoms with Crippen LogP contribution in [0.2, 0.25) is 0 Å². The first kappa shape index (κ1) is 35.7. The highest BCUT2D eigenvalue weighted by atomic mass is 19.4. The second-order valence-corrected chi connectivity index (χ2v) is 13.3. The number of fused-ring (bicyclic) bond motifs is 2. The van der Waals surface area contributed by atoms with Gasteiger partial charge in [0.1, 0.15) is 11.6 Å². The van der Waals surface area contributed by atoms with E-state index in [4.69, 9.17) is 9.57 Å². The molecule has 49 heavy (non-hydrogen) atoms. The number of carbonyl (C=O) groups is 3. The number of hydrogen-bond donors (Lipinski definition) is 3. The number of carboxylic acids is 1. The van der Waals surface area contributed by atoms with Gasteiger partial charge in [0.15, 0.2) is 0 Å². The molecule has 5 rings (SSSR count). The predicted octanol–water partition coefficient (Wildman–Crippen LogP) is 6.73. The molecule has 2 aromatic rings. The number of carboxylic acid groups (broad SMARTS) is 1. The van der Waals surface area contributed by atoms with E-state index in [1.807, 2.05) is 0 Å². The number of methoxy groups -OCH3 is 1. The lowest BCUT2D eigenvalue weighted by Gasteiger charge is -2.34. The molecule has 0 saturated heterocycles. The Labute approximate surface area is 275 Å². The number of allylic oxidation sites excluding steroid dienone is 1. The number of amides is 2. The fourth-order valence-electron chi connectivity index (χ4n) is 6.95. The molecule has 0 aromatic heterocycles. The van der Waals surface area contributed by atoms with Gasteiger partial charge in [0.05, 0.1) is 29.9 Å². The van der Waals surface area contributed by atoms with Gasteiger partial charge in [-0.1, -0.05) is 31.5 Å². The Balaban J connectivity index is 1.47. The minimum absolute atomic E-state index is 0.0438. The van der Waals surface area contributed by atoms with E-state index in [1.165, 1.54) is 25.3 Å². The first-order valence-electron chi connectivity index (χ1n) is 15.1. The Morgan fingerprint density at radius 2 is 1.69 bits per heavy atom. The van der Waals surface area contributed by atoms with Crippen molar-refractivity contribution in [3.63, 3.8) is 0 Å². The quantitative estimate of drug-likeness (QED) is 0.218. The highest BCUT2D eigenvalue weighted by Gasteiger charge is 2.57. The van der Waals surface area contributed by atoms with Crippen molar-refractivity contribution in [1.82, 2.24) is 5.32 Å². The number of ether oxygens (including phenoxy) is 1.